The molecule has 0 unspecified atom stereocenters. The van der Waals surface area contributed by atoms with Gasteiger partial charge >= 0.3 is 5.97 Å². The first-order valence-corrected chi connectivity index (χ1v) is 9.24. The Hall–Kier alpha value is -2.37. The Morgan fingerprint density at radius 3 is 2.67 bits per heavy atom. The van der Waals surface area contributed by atoms with Crippen LogP contribution in [-0.4, -0.2) is 41.2 Å². The number of halogens is 2. The lowest BCUT2D eigenvalue weighted by atomic mass is 9.83. The third-order valence-electron chi connectivity index (χ3n) is 5.19. The number of carbonyl (C=O) groups is 1. The van der Waals surface area contributed by atoms with E-state index in [-0.39, 0.29) is 11.6 Å². The summed E-state index contributed by atoms with van der Waals surface area (Å²) >= 11 is 5.85. The quantitative estimate of drug-likeness (QED) is 0.856. The Labute approximate surface area is 161 Å². The van der Waals surface area contributed by atoms with E-state index in [2.05, 4.69) is 6.08 Å². The van der Waals surface area contributed by atoms with Crippen molar-refractivity contribution < 1.29 is 19.0 Å². The number of aliphatic carboxylic acids is 1. The number of hydrogen-bond acceptors (Lipinski definition) is 3. The van der Waals surface area contributed by atoms with Gasteiger partial charge in [-0.15, -0.1) is 0 Å². The molecule has 1 saturated heterocycles. The SMILES string of the molecule is O=C(O)CN1CCC2(C=C(c3ccc(Cl)c(F)c3)c3ccccc3O2)CC1. The Kier molecular flexibility index (Phi) is 4.66. The molecule has 2 aromatic carbocycles. The van der Waals surface area contributed by atoms with Gasteiger partial charge in [0.15, 0.2) is 0 Å². The third-order valence-corrected chi connectivity index (χ3v) is 5.50. The number of para-hydroxylation sites is 1. The van der Waals surface area contributed by atoms with Gasteiger partial charge in [-0.2, -0.15) is 0 Å². The summed E-state index contributed by atoms with van der Waals surface area (Å²) in [5.74, 6) is -0.518. The van der Waals surface area contributed by atoms with Gasteiger partial charge in [0.25, 0.3) is 0 Å². The molecule has 2 heterocycles. The Balaban J connectivity index is 1.71. The lowest BCUT2D eigenvalue weighted by molar-refractivity contribution is -0.139. The molecule has 2 aliphatic rings. The molecule has 140 valence electrons. The Bertz CT molecular complexity index is 919. The normalized spacial score (nSPS) is 18.5. The number of nitrogens with zero attached hydrogens (tertiary/aromatic N) is 1. The van der Waals surface area contributed by atoms with E-state index in [4.69, 9.17) is 21.4 Å². The second-order valence-corrected chi connectivity index (χ2v) is 7.43. The average molecular weight is 388 g/mol. The van der Waals surface area contributed by atoms with E-state index in [0.717, 1.165) is 22.4 Å². The van der Waals surface area contributed by atoms with Crippen LogP contribution in [-0.2, 0) is 4.79 Å². The van der Waals surface area contributed by atoms with Gasteiger partial charge in [-0.3, -0.25) is 9.69 Å². The number of piperidine rings is 1. The molecule has 0 aliphatic carbocycles. The zero-order valence-corrected chi connectivity index (χ0v) is 15.4. The third kappa shape index (κ3) is 3.57. The van der Waals surface area contributed by atoms with Crippen LogP contribution >= 0.6 is 11.6 Å². The summed E-state index contributed by atoms with van der Waals surface area (Å²) in [6.45, 7) is 1.30. The molecule has 1 fully saturated rings. The molecule has 1 N–H and O–H groups in total. The van der Waals surface area contributed by atoms with Crippen molar-refractivity contribution in [2.45, 2.75) is 18.4 Å². The minimum absolute atomic E-state index is 0.0334. The first kappa shape index (κ1) is 18.0. The molecule has 27 heavy (non-hydrogen) atoms. The van der Waals surface area contributed by atoms with Crippen molar-refractivity contribution >= 4 is 23.1 Å². The summed E-state index contributed by atoms with van der Waals surface area (Å²) in [5.41, 5.74) is 2.06. The summed E-state index contributed by atoms with van der Waals surface area (Å²) in [7, 11) is 0. The smallest absolute Gasteiger partial charge is 0.317 e. The molecule has 4 nitrogen and oxygen atoms in total. The summed E-state index contributed by atoms with van der Waals surface area (Å²) in [6, 6.07) is 12.5. The maximum absolute atomic E-state index is 14.1. The molecule has 4 rings (SSSR count). The largest absolute Gasteiger partial charge is 0.482 e. The van der Waals surface area contributed by atoms with Gasteiger partial charge in [0.05, 0.1) is 11.6 Å². The average Bonchev–Trinajstić information content (AvgIpc) is 2.65. The minimum Gasteiger partial charge on any atom is -0.482 e. The maximum Gasteiger partial charge on any atom is 0.317 e. The lowest BCUT2D eigenvalue weighted by Crippen LogP contribution is -2.49. The summed E-state index contributed by atoms with van der Waals surface area (Å²) in [5, 5.41) is 9.10. The molecule has 1 spiro atoms. The van der Waals surface area contributed by atoms with Crippen LogP contribution in [0.4, 0.5) is 4.39 Å². The summed E-state index contributed by atoms with van der Waals surface area (Å²) < 4.78 is 20.4. The highest BCUT2D eigenvalue weighted by Gasteiger charge is 2.39. The minimum atomic E-state index is -0.825. The standard InChI is InChI=1S/C21H19ClFNO3/c22-17-6-5-14(11-18(17)23)16-12-21(27-19-4-2-1-3-15(16)19)7-9-24(10-8-21)13-20(25)26/h1-6,11-12H,7-10,13H2,(H,25,26). The molecular formula is C21H19ClFNO3. The van der Waals surface area contributed by atoms with Crippen LogP contribution in [0, 0.1) is 5.82 Å². The monoisotopic (exact) mass is 387 g/mol. The molecule has 0 amide bonds. The highest BCUT2D eigenvalue weighted by atomic mass is 35.5. The topological polar surface area (TPSA) is 49.8 Å². The van der Waals surface area contributed by atoms with Crippen LogP contribution in [0.25, 0.3) is 5.57 Å². The molecule has 0 bridgehead atoms. The number of rotatable bonds is 3. The molecule has 0 radical (unpaired) electrons. The predicted octanol–water partition coefficient (Wildman–Crippen LogP) is 4.22. The van der Waals surface area contributed by atoms with Gasteiger partial charge in [-0.1, -0.05) is 35.9 Å². The number of carboxylic acid groups (broad SMARTS) is 1. The Morgan fingerprint density at radius 2 is 1.96 bits per heavy atom. The van der Waals surface area contributed by atoms with Crippen LogP contribution in [0.5, 0.6) is 5.75 Å². The predicted molar refractivity (Wildman–Crippen MR) is 102 cm³/mol. The van der Waals surface area contributed by atoms with E-state index in [1.165, 1.54) is 6.07 Å². The fourth-order valence-corrected chi connectivity index (χ4v) is 3.91. The van der Waals surface area contributed by atoms with E-state index in [0.29, 0.717) is 25.9 Å². The van der Waals surface area contributed by atoms with E-state index >= 15 is 0 Å². The zero-order valence-electron chi connectivity index (χ0n) is 14.6. The molecule has 2 aliphatic heterocycles. The van der Waals surface area contributed by atoms with Crippen LogP contribution in [0.3, 0.4) is 0 Å². The number of benzene rings is 2. The van der Waals surface area contributed by atoms with Gasteiger partial charge < -0.3 is 9.84 Å². The second-order valence-electron chi connectivity index (χ2n) is 7.02. The van der Waals surface area contributed by atoms with Crippen molar-refractivity contribution in [3.05, 3.63) is 70.5 Å². The summed E-state index contributed by atoms with van der Waals surface area (Å²) in [4.78, 5) is 12.9. The fourth-order valence-electron chi connectivity index (χ4n) is 3.80. The van der Waals surface area contributed by atoms with E-state index in [1.807, 2.05) is 35.2 Å². The van der Waals surface area contributed by atoms with E-state index in [1.54, 1.807) is 6.07 Å². The van der Waals surface area contributed by atoms with Gasteiger partial charge in [-0.05, 0) is 35.4 Å². The van der Waals surface area contributed by atoms with Crippen molar-refractivity contribution in [2.24, 2.45) is 0 Å². The van der Waals surface area contributed by atoms with E-state index in [9.17, 15) is 9.18 Å². The van der Waals surface area contributed by atoms with Crippen molar-refractivity contribution in [3.8, 4) is 5.75 Å². The lowest BCUT2D eigenvalue weighted by Gasteiger charge is -2.42. The van der Waals surface area contributed by atoms with Crippen molar-refractivity contribution in [1.29, 1.82) is 0 Å². The number of ether oxygens (including phenoxy) is 1. The maximum atomic E-state index is 14.1. The molecular weight excluding hydrogens is 369 g/mol. The van der Waals surface area contributed by atoms with Crippen molar-refractivity contribution in [2.75, 3.05) is 19.6 Å². The Morgan fingerprint density at radius 1 is 1.22 bits per heavy atom. The highest BCUT2D eigenvalue weighted by Crippen LogP contribution is 2.43. The van der Waals surface area contributed by atoms with Crippen LogP contribution < -0.4 is 4.74 Å². The van der Waals surface area contributed by atoms with Gasteiger partial charge in [-0.25, -0.2) is 4.39 Å². The zero-order chi connectivity index (χ0) is 19.0. The van der Waals surface area contributed by atoms with Crippen LogP contribution in [0.1, 0.15) is 24.0 Å². The van der Waals surface area contributed by atoms with E-state index < -0.39 is 17.4 Å². The number of carboxylic acids is 1. The number of likely N-dealkylation sites (tertiary alicyclic amines) is 1. The first-order valence-electron chi connectivity index (χ1n) is 8.87. The number of hydrogen-bond donors (Lipinski definition) is 1. The van der Waals surface area contributed by atoms with Crippen molar-refractivity contribution in [1.82, 2.24) is 4.90 Å². The molecule has 0 atom stereocenters. The van der Waals surface area contributed by atoms with Gasteiger partial charge in [0.1, 0.15) is 17.2 Å². The molecule has 0 aromatic heterocycles. The highest BCUT2D eigenvalue weighted by molar-refractivity contribution is 6.30. The van der Waals surface area contributed by atoms with Crippen LogP contribution in [0.15, 0.2) is 48.5 Å². The van der Waals surface area contributed by atoms with Crippen molar-refractivity contribution in [3.63, 3.8) is 0 Å². The molecule has 2 aromatic rings. The number of fused-ring (bicyclic) bond motifs is 1. The van der Waals surface area contributed by atoms with Gasteiger partial charge in [0, 0.05) is 31.5 Å². The summed E-state index contributed by atoms with van der Waals surface area (Å²) in [6.07, 6.45) is 3.42. The van der Waals surface area contributed by atoms with Gasteiger partial charge in [0.2, 0.25) is 0 Å². The molecule has 0 saturated carbocycles. The molecule has 6 heteroatoms. The second kappa shape index (κ2) is 6.98. The van der Waals surface area contributed by atoms with Crippen LogP contribution in [0.2, 0.25) is 5.02 Å². The fraction of sp³-hybridized carbons (Fsp3) is 0.286. The first-order chi connectivity index (χ1) is 13.0.